The molecule has 2 saturated heterocycles. The van der Waals surface area contributed by atoms with Crippen LogP contribution in [0.4, 0.5) is 0 Å². The molecule has 1 unspecified atom stereocenters. The smallest absolute Gasteiger partial charge is 0.0549 e. The van der Waals surface area contributed by atoms with Crippen LogP contribution in [0.25, 0.3) is 0 Å². The van der Waals surface area contributed by atoms with Gasteiger partial charge in [0.15, 0.2) is 0 Å². The Balaban J connectivity index is 1.95. The van der Waals surface area contributed by atoms with Crippen molar-refractivity contribution in [2.24, 2.45) is 0 Å². The van der Waals surface area contributed by atoms with Crippen molar-refractivity contribution in [2.45, 2.75) is 12.5 Å². The zero-order valence-electron chi connectivity index (χ0n) is 6.14. The van der Waals surface area contributed by atoms with E-state index in [0.29, 0.717) is 0 Å². The Morgan fingerprint density at radius 2 is 2.70 bits per heavy atom. The predicted molar refractivity (Wildman–Crippen MR) is 41.4 cm³/mol. The molecule has 2 heteroatoms. The lowest BCUT2D eigenvalue weighted by Crippen LogP contribution is -2.39. The van der Waals surface area contributed by atoms with Crippen LogP contribution < -0.4 is 5.32 Å². The van der Waals surface area contributed by atoms with Crippen molar-refractivity contribution in [3.8, 4) is 0 Å². The average molecular weight is 137 g/mol. The van der Waals surface area contributed by atoms with Gasteiger partial charge in [0.2, 0.25) is 0 Å². The molecule has 1 N–H and O–H groups in total. The van der Waals surface area contributed by atoms with Gasteiger partial charge in [0.25, 0.3) is 0 Å². The summed E-state index contributed by atoms with van der Waals surface area (Å²) in [7, 11) is 0. The first-order valence-electron chi connectivity index (χ1n) is 3.84. The SMILES string of the molecule is C=CCN1CC2C[C]1CN2. The van der Waals surface area contributed by atoms with Crippen LogP contribution in [0.2, 0.25) is 0 Å². The van der Waals surface area contributed by atoms with Gasteiger partial charge >= 0.3 is 0 Å². The van der Waals surface area contributed by atoms with E-state index in [9.17, 15) is 0 Å². The van der Waals surface area contributed by atoms with Crippen LogP contribution in [0.5, 0.6) is 0 Å². The summed E-state index contributed by atoms with van der Waals surface area (Å²) in [5, 5.41) is 3.43. The predicted octanol–water partition coefficient (Wildman–Crippen LogP) is 0.382. The summed E-state index contributed by atoms with van der Waals surface area (Å²) in [5.41, 5.74) is 0. The number of likely N-dealkylation sites (tertiary alicyclic amines) is 1. The summed E-state index contributed by atoms with van der Waals surface area (Å²) in [6, 6.07) is 2.32. The van der Waals surface area contributed by atoms with Gasteiger partial charge in [-0.1, -0.05) is 6.08 Å². The topological polar surface area (TPSA) is 15.3 Å². The number of nitrogens with one attached hydrogen (secondary N) is 1. The normalized spacial score (nSPS) is 33.4. The van der Waals surface area contributed by atoms with Crippen molar-refractivity contribution in [2.75, 3.05) is 19.6 Å². The molecule has 0 aromatic rings. The lowest BCUT2D eigenvalue weighted by Gasteiger charge is -2.24. The summed E-state index contributed by atoms with van der Waals surface area (Å²) in [5.74, 6) is 0. The van der Waals surface area contributed by atoms with E-state index in [1.54, 1.807) is 6.04 Å². The maximum Gasteiger partial charge on any atom is 0.0549 e. The first-order chi connectivity index (χ1) is 4.90. The molecule has 2 rings (SSSR count). The van der Waals surface area contributed by atoms with Gasteiger partial charge in [0, 0.05) is 25.7 Å². The first kappa shape index (κ1) is 6.38. The second-order valence-corrected chi connectivity index (χ2v) is 3.04. The molecule has 1 atom stereocenters. The van der Waals surface area contributed by atoms with E-state index in [4.69, 9.17) is 0 Å². The second kappa shape index (κ2) is 2.36. The van der Waals surface area contributed by atoms with Crippen LogP contribution >= 0.6 is 0 Å². The lowest BCUT2D eigenvalue weighted by molar-refractivity contribution is 0.318. The van der Waals surface area contributed by atoms with Gasteiger partial charge < -0.3 is 5.32 Å². The summed E-state index contributed by atoms with van der Waals surface area (Å²) >= 11 is 0. The van der Waals surface area contributed by atoms with E-state index in [2.05, 4.69) is 16.8 Å². The van der Waals surface area contributed by atoms with Gasteiger partial charge in [-0.05, 0) is 6.42 Å². The summed E-state index contributed by atoms with van der Waals surface area (Å²) in [6.07, 6.45) is 3.25. The van der Waals surface area contributed by atoms with Crippen LogP contribution in [0.3, 0.4) is 0 Å². The van der Waals surface area contributed by atoms with Crippen molar-refractivity contribution in [3.63, 3.8) is 0 Å². The van der Waals surface area contributed by atoms with Gasteiger partial charge in [0.1, 0.15) is 0 Å². The van der Waals surface area contributed by atoms with Crippen LogP contribution in [0.15, 0.2) is 12.7 Å². The van der Waals surface area contributed by atoms with E-state index in [0.717, 1.165) is 19.1 Å². The molecule has 0 aromatic carbocycles. The monoisotopic (exact) mass is 137 g/mol. The Labute approximate surface area is 61.9 Å². The number of rotatable bonds is 2. The van der Waals surface area contributed by atoms with Gasteiger partial charge in [0.05, 0.1) is 6.04 Å². The maximum atomic E-state index is 3.73. The quantitative estimate of drug-likeness (QED) is 0.554. The van der Waals surface area contributed by atoms with E-state index < -0.39 is 0 Å². The molecule has 0 aromatic heterocycles. The molecule has 2 fully saturated rings. The molecule has 2 nitrogen and oxygen atoms in total. The van der Waals surface area contributed by atoms with E-state index in [-0.39, 0.29) is 0 Å². The highest BCUT2D eigenvalue weighted by Crippen LogP contribution is 2.28. The zero-order chi connectivity index (χ0) is 6.97. The second-order valence-electron chi connectivity index (χ2n) is 3.04. The molecule has 2 heterocycles. The molecular weight excluding hydrogens is 124 g/mol. The maximum absolute atomic E-state index is 3.73. The van der Waals surface area contributed by atoms with Crippen molar-refractivity contribution < 1.29 is 0 Å². The Kier molecular flexibility index (Phi) is 1.51. The molecule has 0 saturated carbocycles. The van der Waals surface area contributed by atoms with Gasteiger partial charge in [-0.15, -0.1) is 6.58 Å². The number of piperazine rings is 1. The number of nitrogens with zero attached hydrogens (tertiary/aromatic N) is 1. The minimum absolute atomic E-state index is 0.745. The highest BCUT2D eigenvalue weighted by Gasteiger charge is 2.37. The van der Waals surface area contributed by atoms with Crippen LogP contribution in [-0.4, -0.2) is 30.6 Å². The zero-order valence-corrected chi connectivity index (χ0v) is 6.14. The van der Waals surface area contributed by atoms with Crippen molar-refractivity contribution in [1.82, 2.24) is 10.2 Å². The summed E-state index contributed by atoms with van der Waals surface area (Å²) in [6.45, 7) is 7.07. The number of hydrogen-bond donors (Lipinski definition) is 1. The number of hydrogen-bond acceptors (Lipinski definition) is 2. The van der Waals surface area contributed by atoms with Gasteiger partial charge in [-0.2, -0.15) is 0 Å². The molecule has 55 valence electrons. The van der Waals surface area contributed by atoms with E-state index in [1.807, 2.05) is 6.08 Å². The van der Waals surface area contributed by atoms with Crippen LogP contribution in [0, 0.1) is 6.04 Å². The van der Waals surface area contributed by atoms with Crippen LogP contribution in [-0.2, 0) is 0 Å². The minimum atomic E-state index is 0.745. The molecule has 10 heavy (non-hydrogen) atoms. The Morgan fingerprint density at radius 1 is 1.80 bits per heavy atom. The standard InChI is InChI=1S/C8H13N2/c1-2-3-10-6-7-4-8(10)5-9-7/h2,7,9H,1,3-6H2. The Bertz CT molecular complexity index is 144. The highest BCUT2D eigenvalue weighted by atomic mass is 15.3. The lowest BCUT2D eigenvalue weighted by atomic mass is 10.2. The fourth-order valence-electron chi connectivity index (χ4n) is 1.82. The number of fused-ring (bicyclic) bond motifs is 2. The van der Waals surface area contributed by atoms with Gasteiger partial charge in [-0.25, -0.2) is 0 Å². The molecule has 1 radical (unpaired) electrons. The largest absolute Gasteiger partial charge is 0.311 e. The summed E-state index contributed by atoms with van der Waals surface area (Å²) in [4.78, 5) is 2.42. The molecule has 2 bridgehead atoms. The van der Waals surface area contributed by atoms with Crippen LogP contribution in [0.1, 0.15) is 6.42 Å². The molecule has 0 aliphatic carbocycles. The molecule has 2 aliphatic rings. The summed E-state index contributed by atoms with van der Waals surface area (Å²) < 4.78 is 0. The third-order valence-electron chi connectivity index (χ3n) is 2.31. The van der Waals surface area contributed by atoms with Crippen molar-refractivity contribution in [1.29, 1.82) is 0 Å². The highest BCUT2D eigenvalue weighted by molar-refractivity contribution is 5.11. The van der Waals surface area contributed by atoms with Crippen molar-refractivity contribution in [3.05, 3.63) is 18.7 Å². The third-order valence-corrected chi connectivity index (χ3v) is 2.31. The van der Waals surface area contributed by atoms with Gasteiger partial charge in [-0.3, -0.25) is 4.90 Å². The fraction of sp³-hybridized carbons (Fsp3) is 0.625. The molecular formula is C8H13N2. The average Bonchev–Trinajstić information content (AvgIpc) is 2.48. The molecule has 0 amide bonds. The molecule has 2 aliphatic heterocycles. The van der Waals surface area contributed by atoms with E-state index >= 15 is 0 Å². The Hall–Kier alpha value is -0.340. The third kappa shape index (κ3) is 0.879. The van der Waals surface area contributed by atoms with Crippen molar-refractivity contribution >= 4 is 0 Å². The fourth-order valence-corrected chi connectivity index (χ4v) is 1.82. The first-order valence-corrected chi connectivity index (χ1v) is 3.84. The van der Waals surface area contributed by atoms with E-state index in [1.165, 1.54) is 13.0 Å². The molecule has 0 spiro atoms. The minimum Gasteiger partial charge on any atom is -0.311 e. The Morgan fingerprint density at radius 3 is 3.20 bits per heavy atom.